The van der Waals surface area contributed by atoms with Crippen LogP contribution >= 0.6 is 0 Å². The van der Waals surface area contributed by atoms with E-state index in [1.54, 1.807) is 10.9 Å². The second kappa shape index (κ2) is 7.40. The smallest absolute Gasteiger partial charge is 0.241 e. The van der Waals surface area contributed by atoms with Crippen LogP contribution in [-0.2, 0) is 11.3 Å². The average Bonchev–Trinajstić information content (AvgIpc) is 2.95. The summed E-state index contributed by atoms with van der Waals surface area (Å²) in [5.41, 5.74) is 0.946. The number of carbonyl (C=O) groups excluding carboxylic acids is 1. The zero-order valence-corrected chi connectivity index (χ0v) is 13.4. The normalized spacial score (nSPS) is 11.8. The highest BCUT2D eigenvalue weighted by molar-refractivity contribution is 5.81. The van der Waals surface area contributed by atoms with Crippen molar-refractivity contribution in [2.45, 2.75) is 39.7 Å². The Balaban J connectivity index is 1.98. The van der Waals surface area contributed by atoms with Crippen LogP contribution in [0.1, 0.15) is 33.1 Å². The van der Waals surface area contributed by atoms with Gasteiger partial charge in [0.1, 0.15) is 6.54 Å². The molecule has 0 saturated heterocycles. The first kappa shape index (κ1) is 16.5. The van der Waals surface area contributed by atoms with Crippen molar-refractivity contribution in [2.24, 2.45) is 5.41 Å². The molecule has 120 valence electrons. The van der Waals surface area contributed by atoms with Gasteiger partial charge < -0.3 is 10.4 Å². The van der Waals surface area contributed by atoms with Gasteiger partial charge >= 0.3 is 0 Å². The molecule has 0 spiro atoms. The number of aliphatic hydroxyl groups is 1. The first-order chi connectivity index (χ1) is 10.6. The summed E-state index contributed by atoms with van der Waals surface area (Å²) < 4.78 is 1.72. The number of benzene rings is 1. The topological polar surface area (TPSA) is 67.2 Å². The van der Waals surface area contributed by atoms with Gasteiger partial charge in [-0.05, 0) is 30.7 Å². The highest BCUT2D eigenvalue weighted by atomic mass is 16.3. The van der Waals surface area contributed by atoms with E-state index in [1.807, 2.05) is 24.3 Å². The number of aromatic nitrogens is 2. The van der Waals surface area contributed by atoms with Gasteiger partial charge in [-0.2, -0.15) is 5.10 Å². The van der Waals surface area contributed by atoms with Gasteiger partial charge in [0.15, 0.2) is 0 Å². The van der Waals surface area contributed by atoms with Gasteiger partial charge in [0.2, 0.25) is 5.91 Å². The number of fused-ring (bicyclic) bond motifs is 1. The number of aliphatic hydroxyl groups excluding tert-OH is 1. The van der Waals surface area contributed by atoms with E-state index in [0.717, 1.165) is 23.7 Å². The highest BCUT2D eigenvalue weighted by Crippen LogP contribution is 2.29. The van der Waals surface area contributed by atoms with E-state index in [0.29, 0.717) is 13.0 Å². The Labute approximate surface area is 131 Å². The fourth-order valence-corrected chi connectivity index (χ4v) is 2.81. The van der Waals surface area contributed by atoms with Gasteiger partial charge in [0.05, 0.1) is 11.7 Å². The molecule has 0 unspecified atom stereocenters. The SMILES string of the molecule is CCC(CC)(CCO)CNC(=O)Cn1ncc2ccccc21. The molecule has 0 aliphatic carbocycles. The standard InChI is InChI=1S/C17H25N3O2/c1-3-17(4-2,9-10-21)13-18-16(22)12-20-15-8-6-5-7-14(15)11-19-20/h5-8,11,21H,3-4,9-10,12-13H2,1-2H3,(H,18,22). The van der Waals surface area contributed by atoms with E-state index < -0.39 is 0 Å². The van der Waals surface area contributed by atoms with Crippen molar-refractivity contribution < 1.29 is 9.90 Å². The Hall–Kier alpha value is -1.88. The molecule has 1 aromatic heterocycles. The summed E-state index contributed by atoms with van der Waals surface area (Å²) in [6.45, 7) is 5.18. The molecule has 0 fully saturated rings. The maximum Gasteiger partial charge on any atom is 0.241 e. The predicted octanol–water partition coefficient (Wildman–Crippen LogP) is 2.34. The summed E-state index contributed by atoms with van der Waals surface area (Å²) in [6.07, 6.45) is 4.37. The summed E-state index contributed by atoms with van der Waals surface area (Å²) in [5, 5.41) is 17.5. The van der Waals surface area contributed by atoms with Crippen LogP contribution in [0.2, 0.25) is 0 Å². The lowest BCUT2D eigenvalue weighted by Gasteiger charge is -2.31. The third kappa shape index (κ3) is 3.65. The van der Waals surface area contributed by atoms with Crippen LogP contribution in [0, 0.1) is 5.41 Å². The number of amides is 1. The van der Waals surface area contributed by atoms with Crippen molar-refractivity contribution in [3.05, 3.63) is 30.5 Å². The van der Waals surface area contributed by atoms with Crippen molar-refractivity contribution in [1.82, 2.24) is 15.1 Å². The highest BCUT2D eigenvalue weighted by Gasteiger charge is 2.26. The molecule has 0 aliphatic heterocycles. The Bertz CT molecular complexity index is 617. The molecule has 2 rings (SSSR count). The second-order valence-electron chi connectivity index (χ2n) is 5.82. The quantitative estimate of drug-likeness (QED) is 0.786. The fourth-order valence-electron chi connectivity index (χ4n) is 2.81. The van der Waals surface area contributed by atoms with Crippen molar-refractivity contribution in [1.29, 1.82) is 0 Å². The molecule has 1 amide bonds. The summed E-state index contributed by atoms with van der Waals surface area (Å²) in [7, 11) is 0. The lowest BCUT2D eigenvalue weighted by atomic mass is 9.79. The first-order valence-electron chi connectivity index (χ1n) is 7.92. The fraction of sp³-hybridized carbons (Fsp3) is 0.529. The van der Waals surface area contributed by atoms with E-state index in [-0.39, 0.29) is 24.5 Å². The third-order valence-electron chi connectivity index (χ3n) is 4.65. The van der Waals surface area contributed by atoms with E-state index >= 15 is 0 Å². The molecule has 5 heteroatoms. The molecule has 2 aromatic rings. The lowest BCUT2D eigenvalue weighted by molar-refractivity contribution is -0.122. The molecule has 0 bridgehead atoms. The minimum atomic E-state index is -0.0435. The lowest BCUT2D eigenvalue weighted by Crippen LogP contribution is -2.39. The molecular formula is C17H25N3O2. The minimum absolute atomic E-state index is 0.0173. The number of rotatable bonds is 8. The summed E-state index contributed by atoms with van der Waals surface area (Å²) in [4.78, 5) is 12.2. The number of hydrogen-bond donors (Lipinski definition) is 2. The Morgan fingerprint density at radius 2 is 2.05 bits per heavy atom. The van der Waals surface area contributed by atoms with Crippen molar-refractivity contribution >= 4 is 16.8 Å². The van der Waals surface area contributed by atoms with Gasteiger partial charge in [0, 0.05) is 18.5 Å². The van der Waals surface area contributed by atoms with Crippen LogP contribution in [0.15, 0.2) is 30.5 Å². The minimum Gasteiger partial charge on any atom is -0.396 e. The molecule has 0 radical (unpaired) electrons. The van der Waals surface area contributed by atoms with E-state index in [2.05, 4.69) is 24.3 Å². The maximum atomic E-state index is 12.2. The Morgan fingerprint density at radius 3 is 2.73 bits per heavy atom. The largest absolute Gasteiger partial charge is 0.396 e. The average molecular weight is 303 g/mol. The van der Waals surface area contributed by atoms with Crippen LogP contribution in [0.4, 0.5) is 0 Å². The monoisotopic (exact) mass is 303 g/mol. The molecular weight excluding hydrogens is 278 g/mol. The number of nitrogens with zero attached hydrogens (tertiary/aromatic N) is 2. The summed E-state index contributed by atoms with van der Waals surface area (Å²) in [5.74, 6) is -0.0435. The zero-order valence-electron chi connectivity index (χ0n) is 13.4. The van der Waals surface area contributed by atoms with Crippen molar-refractivity contribution in [2.75, 3.05) is 13.2 Å². The van der Waals surface area contributed by atoms with Gasteiger partial charge in [-0.1, -0.05) is 32.0 Å². The van der Waals surface area contributed by atoms with E-state index in [1.165, 1.54) is 0 Å². The van der Waals surface area contributed by atoms with Crippen LogP contribution in [0.25, 0.3) is 10.9 Å². The summed E-state index contributed by atoms with van der Waals surface area (Å²) >= 11 is 0. The number of hydrogen-bond acceptors (Lipinski definition) is 3. The van der Waals surface area contributed by atoms with Gasteiger partial charge in [-0.15, -0.1) is 0 Å². The second-order valence-corrected chi connectivity index (χ2v) is 5.82. The van der Waals surface area contributed by atoms with Crippen LogP contribution in [0.5, 0.6) is 0 Å². The molecule has 1 heterocycles. The Kier molecular flexibility index (Phi) is 5.55. The van der Waals surface area contributed by atoms with Crippen molar-refractivity contribution in [3.63, 3.8) is 0 Å². The molecule has 0 saturated carbocycles. The van der Waals surface area contributed by atoms with E-state index in [9.17, 15) is 9.90 Å². The maximum absolute atomic E-state index is 12.2. The molecule has 1 aromatic carbocycles. The third-order valence-corrected chi connectivity index (χ3v) is 4.65. The predicted molar refractivity (Wildman–Crippen MR) is 87.5 cm³/mol. The molecule has 0 aliphatic rings. The molecule has 0 atom stereocenters. The number of para-hydroxylation sites is 1. The van der Waals surface area contributed by atoms with Crippen LogP contribution in [0.3, 0.4) is 0 Å². The number of carbonyl (C=O) groups is 1. The van der Waals surface area contributed by atoms with E-state index in [4.69, 9.17) is 0 Å². The van der Waals surface area contributed by atoms with Crippen molar-refractivity contribution in [3.8, 4) is 0 Å². The molecule has 5 nitrogen and oxygen atoms in total. The zero-order chi connectivity index (χ0) is 16.0. The number of nitrogens with one attached hydrogen (secondary N) is 1. The van der Waals surface area contributed by atoms with Crippen LogP contribution < -0.4 is 5.32 Å². The Morgan fingerprint density at radius 1 is 1.32 bits per heavy atom. The van der Waals surface area contributed by atoms with Gasteiger partial charge in [0.25, 0.3) is 0 Å². The summed E-state index contributed by atoms with van der Waals surface area (Å²) in [6, 6.07) is 7.85. The van der Waals surface area contributed by atoms with Gasteiger partial charge in [-0.3, -0.25) is 9.48 Å². The molecule has 2 N–H and O–H groups in total. The van der Waals surface area contributed by atoms with Gasteiger partial charge in [-0.25, -0.2) is 0 Å². The molecule has 22 heavy (non-hydrogen) atoms. The van der Waals surface area contributed by atoms with Crippen LogP contribution in [-0.4, -0.2) is 33.9 Å². The first-order valence-corrected chi connectivity index (χ1v) is 7.92.